The summed E-state index contributed by atoms with van der Waals surface area (Å²) in [5.41, 5.74) is 5.37. The Hall–Kier alpha value is 0.180. The second kappa shape index (κ2) is 7.61. The molecule has 0 saturated heterocycles. The molecule has 5 aliphatic carbocycles. The van der Waals surface area contributed by atoms with Gasteiger partial charge >= 0.3 is 0 Å². The molecule has 0 aromatic rings. The predicted molar refractivity (Wildman–Crippen MR) is 130 cm³/mol. The lowest BCUT2D eigenvalue weighted by Gasteiger charge is -2.55. The van der Waals surface area contributed by atoms with E-state index in [0.29, 0.717) is 22.2 Å². The van der Waals surface area contributed by atoms with E-state index in [2.05, 4.69) is 43.6 Å². The van der Waals surface area contributed by atoms with Crippen LogP contribution < -0.4 is 0 Å². The van der Waals surface area contributed by atoms with Gasteiger partial charge in [0.05, 0.1) is 6.10 Å². The van der Waals surface area contributed by atoms with Gasteiger partial charge in [-0.1, -0.05) is 67.6 Å². The third-order valence-corrected chi connectivity index (χ3v) is 12.1. The monoisotopic (exact) mass is 476 g/mol. The molecule has 1 spiro atoms. The summed E-state index contributed by atoms with van der Waals surface area (Å²) in [5, 5.41) is 11.4. The van der Waals surface area contributed by atoms with Gasteiger partial charge in [-0.05, 0) is 110 Å². The molecule has 30 heavy (non-hydrogen) atoms. The van der Waals surface area contributed by atoms with Gasteiger partial charge in [-0.15, -0.1) is 0 Å². The molecular weight excluding hydrogens is 432 g/mol. The first kappa shape index (κ1) is 22.0. The highest BCUT2D eigenvalue weighted by Gasteiger charge is 2.76. The lowest BCUT2D eigenvalue weighted by atomic mass is 9.50. The number of fused-ring (bicyclic) bond motifs is 5. The summed E-state index contributed by atoms with van der Waals surface area (Å²) in [6.07, 6.45) is 16.2. The number of aliphatic hydroxyl groups is 1. The fourth-order valence-corrected chi connectivity index (χ4v) is 10.4. The standard InChI is InChI=1S/C28H45BrO/c1-18(2)6-5-11-26(3)17-28(26)13-10-25-24-14-19(16-29)23-15-20(30)7-8-21(23)22(24)9-12-27(25,28)4/h18-20,22,24-25,30H,5-17H2,1-4H3/t19?,20-,22+,24+,25-,26-,27-,28-/m0/s1. The minimum atomic E-state index is -0.0801. The molecule has 0 bridgehead atoms. The maximum Gasteiger partial charge on any atom is 0.0580 e. The fraction of sp³-hybridized carbons (Fsp3) is 0.929. The molecule has 170 valence electrons. The molecule has 0 radical (unpaired) electrons. The Kier molecular flexibility index (Phi) is 5.58. The Morgan fingerprint density at radius 2 is 1.90 bits per heavy atom. The average Bonchev–Trinajstić information content (AvgIpc) is 3.19. The van der Waals surface area contributed by atoms with Gasteiger partial charge in [-0.3, -0.25) is 0 Å². The number of hydrogen-bond acceptors (Lipinski definition) is 1. The Labute approximate surface area is 194 Å². The van der Waals surface area contributed by atoms with Crippen LogP contribution in [-0.4, -0.2) is 16.5 Å². The molecule has 3 fully saturated rings. The quantitative estimate of drug-likeness (QED) is 0.315. The highest BCUT2D eigenvalue weighted by molar-refractivity contribution is 9.09. The molecule has 0 aromatic carbocycles. The summed E-state index contributed by atoms with van der Waals surface area (Å²) >= 11 is 3.87. The number of alkyl halides is 1. The molecule has 0 aromatic heterocycles. The molecule has 3 saturated carbocycles. The van der Waals surface area contributed by atoms with Crippen molar-refractivity contribution < 1.29 is 5.11 Å². The zero-order valence-corrected chi connectivity index (χ0v) is 21.6. The zero-order chi connectivity index (χ0) is 21.3. The normalized spacial score (nSPS) is 49.9. The van der Waals surface area contributed by atoms with E-state index in [1.807, 2.05) is 5.57 Å². The second-order valence-corrected chi connectivity index (χ2v) is 13.7. The topological polar surface area (TPSA) is 20.2 Å². The summed E-state index contributed by atoms with van der Waals surface area (Å²) in [4.78, 5) is 0. The van der Waals surface area contributed by atoms with Gasteiger partial charge in [0.1, 0.15) is 0 Å². The smallest absolute Gasteiger partial charge is 0.0580 e. The lowest BCUT2D eigenvalue weighted by Crippen LogP contribution is -2.47. The number of halogens is 1. The van der Waals surface area contributed by atoms with E-state index in [1.165, 1.54) is 64.2 Å². The largest absolute Gasteiger partial charge is 0.393 e. The van der Waals surface area contributed by atoms with Crippen molar-refractivity contribution in [3.8, 4) is 0 Å². The highest BCUT2D eigenvalue weighted by atomic mass is 79.9. The van der Waals surface area contributed by atoms with Crippen LogP contribution in [0.15, 0.2) is 11.1 Å². The molecule has 2 heteroatoms. The summed E-state index contributed by atoms with van der Waals surface area (Å²) in [7, 11) is 0. The van der Waals surface area contributed by atoms with E-state index < -0.39 is 0 Å². The maximum atomic E-state index is 10.3. The van der Waals surface area contributed by atoms with Crippen LogP contribution in [0.5, 0.6) is 0 Å². The van der Waals surface area contributed by atoms with Crippen LogP contribution in [0.1, 0.15) is 105 Å². The van der Waals surface area contributed by atoms with Crippen molar-refractivity contribution in [2.75, 3.05) is 5.33 Å². The van der Waals surface area contributed by atoms with Crippen LogP contribution in [0.25, 0.3) is 0 Å². The molecule has 1 N–H and O–H groups in total. The number of hydrogen-bond donors (Lipinski definition) is 1. The third-order valence-electron chi connectivity index (χ3n) is 11.3. The van der Waals surface area contributed by atoms with Crippen LogP contribution in [0, 0.1) is 45.8 Å². The van der Waals surface area contributed by atoms with E-state index in [1.54, 1.807) is 5.57 Å². The van der Waals surface area contributed by atoms with Gasteiger partial charge < -0.3 is 5.11 Å². The number of rotatable bonds is 5. The molecule has 0 amide bonds. The minimum Gasteiger partial charge on any atom is -0.393 e. The van der Waals surface area contributed by atoms with Crippen molar-refractivity contribution in [3.05, 3.63) is 11.1 Å². The van der Waals surface area contributed by atoms with E-state index in [4.69, 9.17) is 0 Å². The van der Waals surface area contributed by atoms with Crippen LogP contribution in [0.3, 0.4) is 0 Å². The second-order valence-electron chi connectivity index (χ2n) is 13.0. The molecular formula is C28H45BrO. The first-order chi connectivity index (χ1) is 14.2. The van der Waals surface area contributed by atoms with Gasteiger partial charge in [0.2, 0.25) is 0 Å². The molecule has 1 unspecified atom stereocenters. The molecule has 8 atom stereocenters. The molecule has 5 aliphatic rings. The van der Waals surface area contributed by atoms with E-state index in [0.717, 1.165) is 41.8 Å². The first-order valence-corrected chi connectivity index (χ1v) is 14.3. The summed E-state index contributed by atoms with van der Waals surface area (Å²) in [6.45, 7) is 10.2. The Morgan fingerprint density at radius 3 is 2.63 bits per heavy atom. The van der Waals surface area contributed by atoms with Crippen molar-refractivity contribution >= 4 is 15.9 Å². The minimum absolute atomic E-state index is 0.0801. The molecule has 1 nitrogen and oxygen atoms in total. The van der Waals surface area contributed by atoms with E-state index >= 15 is 0 Å². The Bertz CT molecular complexity index is 711. The van der Waals surface area contributed by atoms with Crippen molar-refractivity contribution in [1.82, 2.24) is 0 Å². The van der Waals surface area contributed by atoms with Crippen LogP contribution >= 0.6 is 15.9 Å². The first-order valence-electron chi connectivity index (χ1n) is 13.2. The van der Waals surface area contributed by atoms with Crippen molar-refractivity contribution in [1.29, 1.82) is 0 Å². The maximum absolute atomic E-state index is 10.3. The Balaban J connectivity index is 1.38. The van der Waals surface area contributed by atoms with E-state index in [9.17, 15) is 5.11 Å². The highest BCUT2D eigenvalue weighted by Crippen LogP contribution is 2.84. The summed E-state index contributed by atoms with van der Waals surface area (Å²) in [6, 6.07) is 0. The average molecular weight is 478 g/mol. The Morgan fingerprint density at radius 1 is 1.10 bits per heavy atom. The molecule has 0 aliphatic heterocycles. The van der Waals surface area contributed by atoms with Crippen LogP contribution in [-0.2, 0) is 0 Å². The molecule has 0 heterocycles. The third kappa shape index (κ3) is 3.08. The van der Waals surface area contributed by atoms with Crippen molar-refractivity contribution in [3.63, 3.8) is 0 Å². The fourth-order valence-electron chi connectivity index (χ4n) is 9.76. The van der Waals surface area contributed by atoms with Gasteiger partial charge in [-0.25, -0.2) is 0 Å². The van der Waals surface area contributed by atoms with Crippen LogP contribution in [0.2, 0.25) is 0 Å². The summed E-state index contributed by atoms with van der Waals surface area (Å²) in [5.74, 6) is 4.25. The predicted octanol–water partition coefficient (Wildman–Crippen LogP) is 7.91. The number of aliphatic hydroxyl groups excluding tert-OH is 1. The van der Waals surface area contributed by atoms with E-state index in [-0.39, 0.29) is 6.10 Å². The number of allylic oxidation sites excluding steroid dienone is 1. The van der Waals surface area contributed by atoms with Gasteiger partial charge in [0.15, 0.2) is 0 Å². The lowest BCUT2D eigenvalue weighted by molar-refractivity contribution is -0.0171. The van der Waals surface area contributed by atoms with Crippen molar-refractivity contribution in [2.45, 2.75) is 111 Å². The zero-order valence-electron chi connectivity index (χ0n) is 20.0. The van der Waals surface area contributed by atoms with Crippen molar-refractivity contribution in [2.24, 2.45) is 45.8 Å². The van der Waals surface area contributed by atoms with Crippen LogP contribution in [0.4, 0.5) is 0 Å². The van der Waals surface area contributed by atoms with Gasteiger partial charge in [-0.2, -0.15) is 0 Å². The van der Waals surface area contributed by atoms with Gasteiger partial charge in [0.25, 0.3) is 0 Å². The summed E-state index contributed by atoms with van der Waals surface area (Å²) < 4.78 is 0. The SMILES string of the molecule is CC(C)CCC[C@@]1(C)C[C@@]12CC[C@H]1[C@@H]3CC(CBr)C4=C(CC[C@H](O)C4)[C@H]3CC[C@@]12C. The van der Waals surface area contributed by atoms with Gasteiger partial charge in [0, 0.05) is 5.33 Å². The molecule has 5 rings (SSSR count).